The van der Waals surface area contributed by atoms with Crippen molar-refractivity contribution < 1.29 is 40.4 Å². The Balaban J connectivity index is 1.69. The first-order chi connectivity index (χ1) is 12.5. The molecule has 2 unspecified atom stereocenters. The summed E-state index contributed by atoms with van der Waals surface area (Å²) >= 11 is 0. The number of piperidine rings is 1. The third kappa shape index (κ3) is 3.96. The topological polar surface area (TPSA) is 145 Å². The molecule has 1 aliphatic carbocycles. The smallest absolute Gasteiger partial charge is 0.308 e. The number of fused-ring (bicyclic) bond motifs is 2. The zero-order valence-electron chi connectivity index (χ0n) is 13.9. The zero-order valence-corrected chi connectivity index (χ0v) is 14.7. The molecule has 27 heavy (non-hydrogen) atoms. The molecule has 3 rings (SSSR count). The van der Waals surface area contributed by atoms with E-state index < -0.39 is 59.2 Å². The normalized spacial score (nSPS) is 27.7. The Kier molecular flexibility index (Phi) is 4.98. The van der Waals surface area contributed by atoms with Crippen LogP contribution in [0.2, 0.25) is 0 Å². The second kappa shape index (κ2) is 6.83. The molecule has 4 amide bonds. The number of nitrogens with zero attached hydrogens (tertiary/aromatic N) is 2. The summed E-state index contributed by atoms with van der Waals surface area (Å²) in [5.74, 6) is -5.41. The van der Waals surface area contributed by atoms with E-state index in [1.165, 1.54) is 0 Å². The van der Waals surface area contributed by atoms with Gasteiger partial charge in [-0.2, -0.15) is 13.5 Å². The van der Waals surface area contributed by atoms with Gasteiger partial charge >= 0.3 is 16.4 Å². The highest BCUT2D eigenvalue weighted by molar-refractivity contribution is 7.80. The fourth-order valence-corrected chi connectivity index (χ4v) is 3.95. The predicted octanol–water partition coefficient (Wildman–Crippen LogP) is -0.428. The summed E-state index contributed by atoms with van der Waals surface area (Å²) in [4.78, 5) is 37.0. The number of alkyl halides is 2. The van der Waals surface area contributed by atoms with Crippen molar-refractivity contribution in [2.24, 2.45) is 5.92 Å². The number of hydroxylamine groups is 2. The molecule has 3 aliphatic rings. The maximum Gasteiger partial charge on any atom is 0.418 e. The van der Waals surface area contributed by atoms with Crippen LogP contribution >= 0.6 is 0 Å². The van der Waals surface area contributed by atoms with Crippen molar-refractivity contribution in [1.82, 2.24) is 20.8 Å². The third-order valence-corrected chi connectivity index (χ3v) is 5.28. The van der Waals surface area contributed by atoms with Gasteiger partial charge in [0.1, 0.15) is 12.1 Å². The first-order valence-corrected chi connectivity index (χ1v) is 9.60. The lowest BCUT2D eigenvalue weighted by molar-refractivity contribution is -0.154. The Morgan fingerprint density at radius 2 is 1.78 bits per heavy atom. The Labute approximate surface area is 152 Å². The van der Waals surface area contributed by atoms with Crippen LogP contribution in [-0.2, 0) is 24.3 Å². The van der Waals surface area contributed by atoms with E-state index in [0.29, 0.717) is 17.7 Å². The van der Waals surface area contributed by atoms with Gasteiger partial charge in [0.2, 0.25) is 5.91 Å². The number of hydrazine groups is 1. The van der Waals surface area contributed by atoms with E-state index in [-0.39, 0.29) is 11.0 Å². The van der Waals surface area contributed by atoms with Crippen molar-refractivity contribution in [3.8, 4) is 0 Å². The number of amides is 4. The number of nitrogens with one attached hydrogen (secondary N) is 2. The van der Waals surface area contributed by atoms with Crippen molar-refractivity contribution in [2.45, 2.75) is 50.1 Å². The second-order valence-electron chi connectivity index (χ2n) is 6.72. The van der Waals surface area contributed by atoms with Crippen LogP contribution in [-0.4, -0.2) is 65.3 Å². The number of urea groups is 1. The summed E-state index contributed by atoms with van der Waals surface area (Å²) in [6, 6.07) is -4.94. The van der Waals surface area contributed by atoms with Gasteiger partial charge in [-0.15, -0.1) is 4.28 Å². The van der Waals surface area contributed by atoms with Crippen molar-refractivity contribution in [3.05, 3.63) is 0 Å². The van der Waals surface area contributed by atoms with Crippen LogP contribution in [0.5, 0.6) is 0 Å². The molecule has 3 N–H and O–H groups in total. The van der Waals surface area contributed by atoms with Crippen LogP contribution in [0.3, 0.4) is 0 Å². The molecule has 3 fully saturated rings. The Morgan fingerprint density at radius 3 is 2.37 bits per heavy atom. The van der Waals surface area contributed by atoms with Crippen LogP contribution < -0.4 is 10.9 Å². The monoisotopic (exact) mass is 412 g/mol. The molecule has 11 nitrogen and oxygen atoms in total. The van der Waals surface area contributed by atoms with Gasteiger partial charge in [0, 0.05) is 12.3 Å². The zero-order chi connectivity index (χ0) is 20.0. The predicted molar refractivity (Wildman–Crippen MR) is 82.0 cm³/mol. The van der Waals surface area contributed by atoms with E-state index >= 15 is 0 Å². The Morgan fingerprint density at radius 1 is 1.19 bits per heavy atom. The number of carbonyl (C=O) groups is 3. The van der Waals surface area contributed by atoms with Crippen LogP contribution in [0, 0.1) is 5.92 Å². The molecule has 2 saturated heterocycles. The average molecular weight is 412 g/mol. The summed E-state index contributed by atoms with van der Waals surface area (Å²) in [5.41, 5.74) is 4.21. The van der Waals surface area contributed by atoms with Gasteiger partial charge in [-0.05, 0) is 12.8 Å². The lowest BCUT2D eigenvalue weighted by Crippen LogP contribution is -2.59. The lowest BCUT2D eigenvalue weighted by Gasteiger charge is -2.34. The first-order valence-electron chi connectivity index (χ1n) is 8.24. The van der Waals surface area contributed by atoms with Gasteiger partial charge in [-0.25, -0.2) is 13.6 Å². The standard InChI is InChI=1S/C13H18F2N4O7S/c14-13(15)5-8(11(21)17-16-10(20)7-3-1-2-4-7)18-6-9(13)19(12(18)22)26-27(23,24)25/h7-9H,1-6H2,(H,16,20)(H,17,21)(H,23,24,25). The molecule has 2 bridgehead atoms. The molecule has 0 spiro atoms. The maximum absolute atomic E-state index is 14.3. The van der Waals surface area contributed by atoms with E-state index in [9.17, 15) is 31.6 Å². The van der Waals surface area contributed by atoms with Crippen molar-refractivity contribution >= 4 is 28.2 Å². The molecule has 14 heteroatoms. The molecule has 0 aromatic rings. The maximum atomic E-state index is 14.3. The first kappa shape index (κ1) is 19.7. The summed E-state index contributed by atoms with van der Waals surface area (Å²) < 4.78 is 62.8. The molecule has 2 heterocycles. The minimum atomic E-state index is -5.21. The number of carbonyl (C=O) groups excluding carboxylic acids is 3. The van der Waals surface area contributed by atoms with Gasteiger partial charge in [0.05, 0.1) is 6.54 Å². The molecule has 0 aromatic heterocycles. The lowest BCUT2D eigenvalue weighted by atomic mass is 9.96. The molecule has 2 aliphatic heterocycles. The van der Waals surface area contributed by atoms with E-state index in [0.717, 1.165) is 12.8 Å². The van der Waals surface area contributed by atoms with E-state index in [1.54, 1.807) is 0 Å². The highest BCUT2D eigenvalue weighted by Gasteiger charge is 2.62. The fourth-order valence-electron chi connectivity index (χ4n) is 3.58. The van der Waals surface area contributed by atoms with Crippen molar-refractivity contribution in [1.29, 1.82) is 0 Å². The Hall–Kier alpha value is -2.06. The van der Waals surface area contributed by atoms with Crippen LogP contribution in [0.1, 0.15) is 32.1 Å². The second-order valence-corrected chi connectivity index (χ2v) is 7.72. The molecule has 0 aromatic carbocycles. The summed E-state index contributed by atoms with van der Waals surface area (Å²) in [5, 5.41) is -0.153. The highest BCUT2D eigenvalue weighted by atomic mass is 32.3. The third-order valence-electron chi connectivity index (χ3n) is 4.93. The highest BCUT2D eigenvalue weighted by Crippen LogP contribution is 2.41. The fraction of sp³-hybridized carbons (Fsp3) is 0.769. The molecule has 152 valence electrons. The van der Waals surface area contributed by atoms with Crippen LogP contribution in [0.4, 0.5) is 13.6 Å². The van der Waals surface area contributed by atoms with E-state index in [2.05, 4.69) is 9.71 Å². The molecule has 1 saturated carbocycles. The molecule has 2 atom stereocenters. The van der Waals surface area contributed by atoms with E-state index in [1.807, 2.05) is 5.43 Å². The van der Waals surface area contributed by atoms with E-state index in [4.69, 9.17) is 4.55 Å². The number of hydrogen-bond acceptors (Lipinski definition) is 6. The number of halogens is 2. The summed E-state index contributed by atoms with van der Waals surface area (Å²) in [6.07, 6.45) is 2.00. The molecular formula is C13H18F2N4O7S. The quantitative estimate of drug-likeness (QED) is 0.420. The van der Waals surface area contributed by atoms with Crippen molar-refractivity contribution in [2.75, 3.05) is 6.54 Å². The summed E-state index contributed by atoms with van der Waals surface area (Å²) in [6.45, 7) is -0.685. The van der Waals surface area contributed by atoms with Crippen LogP contribution in [0.25, 0.3) is 0 Å². The summed E-state index contributed by atoms with van der Waals surface area (Å²) in [7, 11) is -5.21. The largest absolute Gasteiger partial charge is 0.418 e. The van der Waals surface area contributed by atoms with Gasteiger partial charge in [-0.1, -0.05) is 12.8 Å². The minimum absolute atomic E-state index is 0.153. The minimum Gasteiger partial charge on any atom is -0.308 e. The van der Waals surface area contributed by atoms with Crippen LogP contribution in [0.15, 0.2) is 0 Å². The van der Waals surface area contributed by atoms with Crippen molar-refractivity contribution in [3.63, 3.8) is 0 Å². The van der Waals surface area contributed by atoms with Gasteiger partial charge < -0.3 is 4.90 Å². The van der Waals surface area contributed by atoms with Gasteiger partial charge in [0.25, 0.3) is 11.8 Å². The van der Waals surface area contributed by atoms with Gasteiger partial charge in [0.15, 0.2) is 0 Å². The Bertz CT molecular complexity index is 756. The SMILES string of the molecule is O=C(NNC(=O)C1CC(F)(F)C2CN1C(=O)N2OS(=O)(=O)O)C1CCCC1. The van der Waals surface area contributed by atoms with Gasteiger partial charge in [-0.3, -0.25) is 25.0 Å². The number of hydrogen-bond donors (Lipinski definition) is 3. The average Bonchev–Trinajstić information content (AvgIpc) is 3.18. The molecule has 0 radical (unpaired) electrons. The molecular weight excluding hydrogens is 394 g/mol. The number of rotatable bonds is 4.